The number of esters is 1. The van der Waals surface area contributed by atoms with Gasteiger partial charge in [0.15, 0.2) is 0 Å². The Labute approximate surface area is 269 Å². The summed E-state index contributed by atoms with van der Waals surface area (Å²) in [6.45, 7) is 19.0. The summed E-state index contributed by atoms with van der Waals surface area (Å²) >= 11 is 0. The van der Waals surface area contributed by atoms with Gasteiger partial charge < -0.3 is 26.2 Å². The molecule has 0 saturated heterocycles. The van der Waals surface area contributed by atoms with Gasteiger partial charge in [-0.25, -0.2) is 0 Å². The van der Waals surface area contributed by atoms with Crippen LogP contribution in [0.1, 0.15) is 126 Å². The van der Waals surface area contributed by atoms with Gasteiger partial charge in [0.25, 0.3) is 0 Å². The molecule has 4 fully saturated rings. The first-order valence-corrected chi connectivity index (χ1v) is 18.3. The van der Waals surface area contributed by atoms with E-state index < -0.39 is 0 Å². The van der Waals surface area contributed by atoms with Crippen LogP contribution in [0.25, 0.3) is 0 Å². The Morgan fingerprint density at radius 3 is 2.34 bits per heavy atom. The summed E-state index contributed by atoms with van der Waals surface area (Å²) in [4.78, 5) is 26.7. The molecule has 3 unspecified atom stereocenters. The van der Waals surface area contributed by atoms with E-state index in [1.54, 1.807) is 6.92 Å². The third-order valence-electron chi connectivity index (χ3n) is 13.8. The van der Waals surface area contributed by atoms with Crippen LogP contribution in [0.2, 0.25) is 0 Å². The minimum atomic E-state index is -0.223. The van der Waals surface area contributed by atoms with Crippen LogP contribution in [0.4, 0.5) is 0 Å². The molecule has 0 aromatic heterocycles. The molecule has 7 nitrogen and oxygen atoms in total. The van der Waals surface area contributed by atoms with Crippen LogP contribution < -0.4 is 16.4 Å². The molecular weight excluding hydrogens is 550 g/mol. The van der Waals surface area contributed by atoms with Crippen molar-refractivity contribution in [2.45, 2.75) is 138 Å². The molecule has 7 heteroatoms. The molecule has 4 rings (SSSR count). The number of carbonyl (C=O) groups excluding carboxylic acids is 2. The van der Waals surface area contributed by atoms with Gasteiger partial charge in [-0.15, -0.1) is 0 Å². The number of rotatable bonds is 14. The Morgan fingerprint density at radius 1 is 0.932 bits per heavy atom. The van der Waals surface area contributed by atoms with Crippen molar-refractivity contribution in [3.05, 3.63) is 0 Å². The zero-order valence-electron chi connectivity index (χ0n) is 29.3. The van der Waals surface area contributed by atoms with Gasteiger partial charge in [-0.2, -0.15) is 0 Å². The van der Waals surface area contributed by atoms with E-state index in [0.717, 1.165) is 83.7 Å². The highest BCUT2D eigenvalue weighted by atomic mass is 16.5. The average Bonchev–Trinajstić information content (AvgIpc) is 3.24. The van der Waals surface area contributed by atoms with E-state index >= 15 is 0 Å². The fourth-order valence-corrected chi connectivity index (χ4v) is 11.4. The summed E-state index contributed by atoms with van der Waals surface area (Å²) in [6.07, 6.45) is 11.9. The summed E-state index contributed by atoms with van der Waals surface area (Å²) in [7, 11) is 0. The number of amides is 1. The Bertz CT molecular complexity index is 974. The molecule has 254 valence electrons. The van der Waals surface area contributed by atoms with Gasteiger partial charge in [0.2, 0.25) is 5.91 Å². The Hall–Kier alpha value is -1.18. The zero-order chi connectivity index (χ0) is 32.3. The molecule has 0 heterocycles. The monoisotopic (exact) mass is 618 g/mol. The number of aliphatic hydroxyl groups is 1. The third-order valence-corrected chi connectivity index (χ3v) is 13.8. The Morgan fingerprint density at radius 2 is 1.66 bits per heavy atom. The lowest BCUT2D eigenvalue weighted by Gasteiger charge is -2.68. The Balaban J connectivity index is 1.60. The van der Waals surface area contributed by atoms with Gasteiger partial charge in [-0.05, 0) is 130 Å². The van der Waals surface area contributed by atoms with Gasteiger partial charge in [-0.1, -0.05) is 54.4 Å². The highest BCUT2D eigenvalue weighted by Crippen LogP contribution is 2.74. The van der Waals surface area contributed by atoms with Crippen LogP contribution in [0.5, 0.6) is 0 Å². The van der Waals surface area contributed by atoms with Crippen molar-refractivity contribution >= 4 is 11.9 Å². The zero-order valence-corrected chi connectivity index (χ0v) is 29.3. The summed E-state index contributed by atoms with van der Waals surface area (Å²) in [6, 6.07) is 0. The van der Waals surface area contributed by atoms with E-state index in [1.165, 1.54) is 6.42 Å². The molecule has 11 atom stereocenters. The van der Waals surface area contributed by atoms with E-state index in [1.807, 2.05) is 0 Å². The second kappa shape index (κ2) is 14.7. The molecule has 0 aliphatic heterocycles. The van der Waals surface area contributed by atoms with Crippen LogP contribution in [-0.4, -0.2) is 55.4 Å². The van der Waals surface area contributed by atoms with Crippen LogP contribution in [0, 0.1) is 57.7 Å². The molecule has 0 aromatic rings. The van der Waals surface area contributed by atoms with E-state index in [-0.39, 0.29) is 52.2 Å². The van der Waals surface area contributed by atoms with Crippen molar-refractivity contribution in [3.8, 4) is 0 Å². The minimum Gasteiger partial charge on any atom is -0.462 e. The number of carbonyl (C=O) groups is 2. The first-order valence-electron chi connectivity index (χ1n) is 18.3. The number of nitrogens with one attached hydrogen (secondary N) is 2. The third kappa shape index (κ3) is 6.90. The van der Waals surface area contributed by atoms with Gasteiger partial charge >= 0.3 is 5.97 Å². The standard InChI is InChI=1S/C37H67N3O4/c1-24(2)11-8-12-27(34(43)40-22-10-21-39-20-9-19-38)33-29-13-14-32-35(5)17-16-30(42)25(3)28(35)15-18-36(32,6)37(29,7)23-31(33)44-26(4)41/h24-25,27-33,39,42H,8-23,38H2,1-7H3,(H,40,43)/t25-,27-,28?,29?,30+,31-,32?,33-,35-,36-,37-/m0/s1. The first-order chi connectivity index (χ1) is 20.8. The van der Waals surface area contributed by atoms with E-state index in [4.69, 9.17) is 10.5 Å². The molecular formula is C37H67N3O4. The predicted octanol–water partition coefficient (Wildman–Crippen LogP) is 6.07. The number of hydrogen-bond acceptors (Lipinski definition) is 6. The number of fused-ring (bicyclic) bond motifs is 5. The molecule has 5 N–H and O–H groups in total. The largest absolute Gasteiger partial charge is 0.462 e. The van der Waals surface area contributed by atoms with Crippen molar-refractivity contribution < 1.29 is 19.4 Å². The molecule has 0 bridgehead atoms. The first kappa shape index (κ1) is 35.7. The van der Waals surface area contributed by atoms with E-state index in [2.05, 4.69) is 52.2 Å². The Kier molecular flexibility index (Phi) is 11.9. The van der Waals surface area contributed by atoms with Crippen LogP contribution >= 0.6 is 0 Å². The fourth-order valence-electron chi connectivity index (χ4n) is 11.4. The van der Waals surface area contributed by atoms with Crippen LogP contribution in [0.3, 0.4) is 0 Å². The summed E-state index contributed by atoms with van der Waals surface area (Å²) in [5.74, 6) is 2.28. The quantitative estimate of drug-likeness (QED) is 0.139. The fraction of sp³-hybridized carbons (Fsp3) is 0.946. The topological polar surface area (TPSA) is 114 Å². The highest BCUT2D eigenvalue weighted by Gasteiger charge is 2.70. The molecule has 1 amide bonds. The second-order valence-electron chi connectivity index (χ2n) is 16.6. The SMILES string of the molecule is CC(=O)O[C@H]1C[C@@]2(C)C(CCC3[C@@]4(C)CC[C@@H](O)[C@@H](C)C4CC[C@@]32C)[C@@H]1[C@H](CCCC(C)C)C(=O)NCCCNCCCN. The van der Waals surface area contributed by atoms with Crippen LogP contribution in [0.15, 0.2) is 0 Å². The van der Waals surface area contributed by atoms with Crippen molar-refractivity contribution in [1.29, 1.82) is 0 Å². The minimum absolute atomic E-state index is 0.00251. The lowest BCUT2D eigenvalue weighted by molar-refractivity contribution is -0.203. The number of aliphatic hydroxyl groups excluding tert-OH is 1. The maximum Gasteiger partial charge on any atom is 0.302 e. The second-order valence-corrected chi connectivity index (χ2v) is 16.6. The normalized spacial score (nSPS) is 40.5. The molecule has 44 heavy (non-hydrogen) atoms. The van der Waals surface area contributed by atoms with Crippen LogP contribution in [-0.2, 0) is 14.3 Å². The van der Waals surface area contributed by atoms with Crippen molar-refractivity contribution in [3.63, 3.8) is 0 Å². The molecule has 4 aliphatic carbocycles. The van der Waals surface area contributed by atoms with Gasteiger partial charge in [0, 0.05) is 25.3 Å². The summed E-state index contributed by atoms with van der Waals surface area (Å²) in [5, 5.41) is 17.5. The molecule has 0 aromatic carbocycles. The average molecular weight is 618 g/mol. The van der Waals surface area contributed by atoms with E-state index in [0.29, 0.717) is 42.7 Å². The molecule has 4 saturated carbocycles. The maximum absolute atomic E-state index is 14.1. The number of nitrogens with two attached hydrogens (primary N) is 1. The lowest BCUT2D eigenvalue weighted by Crippen LogP contribution is -2.62. The lowest BCUT2D eigenvalue weighted by atomic mass is 9.37. The predicted molar refractivity (Wildman–Crippen MR) is 178 cm³/mol. The molecule has 0 spiro atoms. The van der Waals surface area contributed by atoms with Crippen molar-refractivity contribution in [2.24, 2.45) is 63.4 Å². The van der Waals surface area contributed by atoms with Gasteiger partial charge in [0.1, 0.15) is 6.10 Å². The molecule has 4 aliphatic rings. The van der Waals surface area contributed by atoms with Gasteiger partial charge in [-0.3, -0.25) is 9.59 Å². The van der Waals surface area contributed by atoms with Crippen molar-refractivity contribution in [1.82, 2.24) is 10.6 Å². The highest BCUT2D eigenvalue weighted by molar-refractivity contribution is 5.79. The van der Waals surface area contributed by atoms with Crippen molar-refractivity contribution in [2.75, 3.05) is 26.2 Å². The maximum atomic E-state index is 14.1. The number of hydrogen-bond donors (Lipinski definition) is 4. The number of ether oxygens (including phenoxy) is 1. The van der Waals surface area contributed by atoms with E-state index in [9.17, 15) is 14.7 Å². The summed E-state index contributed by atoms with van der Waals surface area (Å²) < 4.78 is 6.24. The smallest absolute Gasteiger partial charge is 0.302 e. The summed E-state index contributed by atoms with van der Waals surface area (Å²) in [5.41, 5.74) is 5.95. The van der Waals surface area contributed by atoms with Gasteiger partial charge in [0.05, 0.1) is 6.10 Å². The molecule has 0 radical (unpaired) electrons.